The van der Waals surface area contributed by atoms with E-state index >= 15 is 0 Å². The molecular weight excluding hydrogens is 243 g/mol. The Hall–Kier alpha value is -2.55. The topological polar surface area (TPSA) is 48.7 Å². The third kappa shape index (κ3) is 2.25. The molecular formula is C12H6F3N3. The Morgan fingerprint density at radius 2 is 1.83 bits per heavy atom. The number of hydrogen-bond donors (Lipinski definition) is 1. The van der Waals surface area contributed by atoms with Gasteiger partial charge in [-0.2, -0.15) is 5.26 Å². The Labute approximate surface area is 101 Å². The molecule has 0 radical (unpaired) electrons. The van der Waals surface area contributed by atoms with Crippen LogP contribution in [0.15, 0.2) is 30.5 Å². The van der Waals surface area contributed by atoms with Crippen LogP contribution in [0, 0.1) is 28.8 Å². The van der Waals surface area contributed by atoms with E-state index in [9.17, 15) is 13.2 Å². The zero-order chi connectivity index (χ0) is 13.1. The van der Waals surface area contributed by atoms with Gasteiger partial charge in [-0.05, 0) is 24.3 Å². The van der Waals surface area contributed by atoms with Gasteiger partial charge < -0.3 is 5.32 Å². The van der Waals surface area contributed by atoms with E-state index in [2.05, 4.69) is 10.3 Å². The van der Waals surface area contributed by atoms with Crippen molar-refractivity contribution in [2.75, 3.05) is 5.32 Å². The van der Waals surface area contributed by atoms with Gasteiger partial charge in [-0.1, -0.05) is 0 Å². The predicted octanol–water partition coefficient (Wildman–Crippen LogP) is 3.11. The lowest BCUT2D eigenvalue weighted by Gasteiger charge is -2.07. The predicted molar refractivity (Wildman–Crippen MR) is 58.6 cm³/mol. The monoisotopic (exact) mass is 249 g/mol. The average Bonchev–Trinajstić information content (AvgIpc) is 2.40. The van der Waals surface area contributed by atoms with Gasteiger partial charge in [-0.15, -0.1) is 0 Å². The summed E-state index contributed by atoms with van der Waals surface area (Å²) in [5.74, 6) is -4.10. The molecule has 0 aliphatic carbocycles. The molecule has 0 fully saturated rings. The summed E-state index contributed by atoms with van der Waals surface area (Å²) in [5, 5.41) is 11.1. The van der Waals surface area contributed by atoms with Crippen LogP contribution in [0.1, 0.15) is 5.69 Å². The number of nitriles is 1. The molecule has 0 saturated heterocycles. The number of rotatable bonds is 2. The van der Waals surface area contributed by atoms with Crippen LogP contribution in [0.5, 0.6) is 0 Å². The number of halogens is 3. The molecule has 2 aromatic rings. The number of aromatic nitrogens is 1. The van der Waals surface area contributed by atoms with E-state index in [1.54, 1.807) is 0 Å². The summed E-state index contributed by atoms with van der Waals surface area (Å²) in [5.41, 5.74) is 0.352. The highest BCUT2D eigenvalue weighted by atomic mass is 19.2. The first kappa shape index (κ1) is 11.9. The molecule has 6 heteroatoms. The molecule has 0 saturated carbocycles. The van der Waals surface area contributed by atoms with Gasteiger partial charge in [-0.25, -0.2) is 18.2 Å². The molecule has 1 heterocycles. The van der Waals surface area contributed by atoms with E-state index in [4.69, 9.17) is 5.26 Å². The Kier molecular flexibility index (Phi) is 3.15. The van der Waals surface area contributed by atoms with Crippen LogP contribution in [0.3, 0.4) is 0 Å². The average molecular weight is 249 g/mol. The molecule has 0 aliphatic heterocycles. The number of hydrogen-bond acceptors (Lipinski definition) is 3. The number of nitrogens with zero attached hydrogens (tertiary/aromatic N) is 2. The Morgan fingerprint density at radius 1 is 1.06 bits per heavy atom. The van der Waals surface area contributed by atoms with Crippen molar-refractivity contribution in [1.29, 1.82) is 5.26 Å². The first-order chi connectivity index (χ1) is 8.61. The van der Waals surface area contributed by atoms with Gasteiger partial charge in [0, 0.05) is 0 Å². The van der Waals surface area contributed by atoms with Crippen molar-refractivity contribution in [2.45, 2.75) is 0 Å². The third-order valence-corrected chi connectivity index (χ3v) is 2.19. The fourth-order valence-corrected chi connectivity index (χ4v) is 1.31. The molecule has 0 unspecified atom stereocenters. The van der Waals surface area contributed by atoms with Gasteiger partial charge in [0.2, 0.25) is 0 Å². The molecule has 1 aromatic heterocycles. The lowest BCUT2D eigenvalue weighted by Crippen LogP contribution is -1.99. The number of pyridine rings is 1. The smallest absolute Gasteiger partial charge is 0.196 e. The van der Waals surface area contributed by atoms with E-state index in [1.165, 1.54) is 18.3 Å². The summed E-state index contributed by atoms with van der Waals surface area (Å²) in [6, 6.07) is 6.61. The maximum atomic E-state index is 13.3. The molecule has 1 N–H and O–H groups in total. The quantitative estimate of drug-likeness (QED) is 0.832. The maximum absolute atomic E-state index is 13.3. The summed E-state index contributed by atoms with van der Waals surface area (Å²) >= 11 is 0. The van der Waals surface area contributed by atoms with Gasteiger partial charge in [0.25, 0.3) is 0 Å². The highest BCUT2D eigenvalue weighted by Crippen LogP contribution is 2.23. The van der Waals surface area contributed by atoms with Crippen LogP contribution in [-0.2, 0) is 0 Å². The van der Waals surface area contributed by atoms with Gasteiger partial charge in [0.05, 0.1) is 17.6 Å². The van der Waals surface area contributed by atoms with E-state index < -0.39 is 17.5 Å². The van der Waals surface area contributed by atoms with Gasteiger partial charge >= 0.3 is 0 Å². The highest BCUT2D eigenvalue weighted by Gasteiger charge is 2.13. The summed E-state index contributed by atoms with van der Waals surface area (Å²) in [6.45, 7) is 0. The second-order valence-electron chi connectivity index (χ2n) is 3.39. The molecule has 1 aromatic carbocycles. The molecule has 2 rings (SSSR count). The van der Waals surface area contributed by atoms with E-state index in [1.807, 2.05) is 6.07 Å². The minimum absolute atomic E-state index is 0.200. The molecule has 18 heavy (non-hydrogen) atoms. The molecule has 0 spiro atoms. The Bertz CT molecular complexity index is 618. The standard InChI is InChI=1S/C12H6F3N3/c13-9-3-4-10(12(15)11(9)14)18-8-2-1-7(5-16)17-6-8/h1-4,6,18H. The van der Waals surface area contributed by atoms with Gasteiger partial charge in [0.1, 0.15) is 11.8 Å². The van der Waals surface area contributed by atoms with Crippen molar-refractivity contribution in [3.05, 3.63) is 53.6 Å². The van der Waals surface area contributed by atoms with Crippen LogP contribution < -0.4 is 5.32 Å². The van der Waals surface area contributed by atoms with Crippen molar-refractivity contribution in [1.82, 2.24) is 4.98 Å². The fraction of sp³-hybridized carbons (Fsp3) is 0. The molecule has 90 valence electrons. The van der Waals surface area contributed by atoms with Crippen molar-refractivity contribution >= 4 is 11.4 Å². The van der Waals surface area contributed by atoms with Crippen LogP contribution in [0.25, 0.3) is 0 Å². The van der Waals surface area contributed by atoms with Crippen LogP contribution in [0.4, 0.5) is 24.5 Å². The summed E-state index contributed by atoms with van der Waals surface area (Å²) in [7, 11) is 0. The van der Waals surface area contributed by atoms with E-state index in [0.717, 1.165) is 12.1 Å². The normalized spacial score (nSPS) is 9.89. The first-order valence-corrected chi connectivity index (χ1v) is 4.88. The first-order valence-electron chi connectivity index (χ1n) is 4.88. The third-order valence-electron chi connectivity index (χ3n) is 2.19. The molecule has 0 amide bonds. The second-order valence-corrected chi connectivity index (χ2v) is 3.39. The zero-order valence-electron chi connectivity index (χ0n) is 8.92. The van der Waals surface area contributed by atoms with Crippen molar-refractivity contribution < 1.29 is 13.2 Å². The van der Waals surface area contributed by atoms with Crippen LogP contribution in [-0.4, -0.2) is 4.98 Å². The Balaban J connectivity index is 2.29. The van der Waals surface area contributed by atoms with Crippen molar-refractivity contribution in [3.8, 4) is 6.07 Å². The number of benzene rings is 1. The van der Waals surface area contributed by atoms with E-state index in [-0.39, 0.29) is 11.4 Å². The van der Waals surface area contributed by atoms with E-state index in [0.29, 0.717) is 5.69 Å². The molecule has 3 nitrogen and oxygen atoms in total. The molecule has 0 aliphatic rings. The largest absolute Gasteiger partial charge is 0.352 e. The molecule has 0 bridgehead atoms. The lowest BCUT2D eigenvalue weighted by molar-refractivity contribution is 0.449. The maximum Gasteiger partial charge on any atom is 0.196 e. The van der Waals surface area contributed by atoms with Crippen molar-refractivity contribution in [2.24, 2.45) is 0 Å². The van der Waals surface area contributed by atoms with Gasteiger partial charge in [-0.3, -0.25) is 0 Å². The van der Waals surface area contributed by atoms with Crippen molar-refractivity contribution in [3.63, 3.8) is 0 Å². The summed E-state index contributed by atoms with van der Waals surface area (Å²) < 4.78 is 39.0. The SMILES string of the molecule is N#Cc1ccc(Nc2ccc(F)c(F)c2F)cn1. The molecule has 0 atom stereocenters. The Morgan fingerprint density at radius 3 is 2.44 bits per heavy atom. The summed E-state index contributed by atoms with van der Waals surface area (Å²) in [4.78, 5) is 3.75. The minimum atomic E-state index is -1.54. The lowest BCUT2D eigenvalue weighted by atomic mass is 10.2. The van der Waals surface area contributed by atoms with Crippen LogP contribution in [0.2, 0.25) is 0 Å². The fourth-order valence-electron chi connectivity index (χ4n) is 1.31. The highest BCUT2D eigenvalue weighted by molar-refractivity contribution is 5.59. The zero-order valence-corrected chi connectivity index (χ0v) is 8.92. The number of anilines is 2. The minimum Gasteiger partial charge on any atom is -0.352 e. The number of nitrogens with one attached hydrogen (secondary N) is 1. The van der Waals surface area contributed by atoms with Crippen LogP contribution >= 0.6 is 0 Å². The second kappa shape index (κ2) is 4.75. The van der Waals surface area contributed by atoms with Gasteiger partial charge in [0.15, 0.2) is 17.5 Å². The summed E-state index contributed by atoms with van der Waals surface area (Å²) in [6.07, 6.45) is 1.29.